The van der Waals surface area contributed by atoms with Crippen molar-refractivity contribution in [1.82, 2.24) is 24.5 Å². The van der Waals surface area contributed by atoms with E-state index in [4.69, 9.17) is 16.6 Å². The zero-order valence-electron chi connectivity index (χ0n) is 75.7. The molecule has 5 aliphatic carbocycles. The fourth-order valence-electron chi connectivity index (χ4n) is 20.3. The van der Waals surface area contributed by atoms with Gasteiger partial charge in [-0.3, -0.25) is 24.3 Å². The topological polar surface area (TPSA) is 97.7 Å². The van der Waals surface area contributed by atoms with Crippen LogP contribution in [0.1, 0.15) is 0 Å². The molecule has 23 aromatic rings. The van der Waals surface area contributed by atoms with Crippen LogP contribution in [0.15, 0.2) is 503 Å². The van der Waals surface area contributed by atoms with Gasteiger partial charge in [0.2, 0.25) is 12.4 Å². The normalized spacial score (nSPS) is 11.4. The highest BCUT2D eigenvalue weighted by Crippen LogP contribution is 2.62. The van der Waals surface area contributed by atoms with Crippen LogP contribution in [0.25, 0.3) is 239 Å². The van der Waals surface area contributed by atoms with Gasteiger partial charge in [-0.15, -0.1) is 0 Å². The number of hydrogen-bond donors (Lipinski definition) is 1. The summed E-state index contributed by atoms with van der Waals surface area (Å²) in [5, 5.41) is 9.81. The van der Waals surface area contributed by atoms with Crippen LogP contribution in [0.2, 0.25) is 5.15 Å². The number of rotatable bonds is 2. The van der Waals surface area contributed by atoms with Gasteiger partial charge in [-0.1, -0.05) is 418 Å². The number of nitrogens with zero attached hydrogens (tertiary/aromatic N) is 6. The second-order valence-corrected chi connectivity index (χ2v) is 42.2. The minimum atomic E-state index is -3.22. The summed E-state index contributed by atoms with van der Waals surface area (Å²) in [5.74, 6) is 0.928. The lowest BCUT2D eigenvalue weighted by Crippen LogP contribution is -2.28. The Hall–Kier alpha value is -16.0. The summed E-state index contributed by atoms with van der Waals surface area (Å²) < 4.78 is 14.0. The van der Waals surface area contributed by atoms with Crippen LogP contribution in [0.5, 0.6) is 0 Å². The van der Waals surface area contributed by atoms with E-state index in [2.05, 4.69) is 482 Å². The summed E-state index contributed by atoms with van der Waals surface area (Å²) in [7, 11) is 0. The minimum absolute atomic E-state index is 0.514. The third-order valence-electron chi connectivity index (χ3n) is 26.4. The molecule has 0 bridgehead atoms. The van der Waals surface area contributed by atoms with Crippen LogP contribution in [0.4, 0.5) is 0 Å². The van der Waals surface area contributed by atoms with Crippen molar-refractivity contribution < 1.29 is 14.5 Å². The van der Waals surface area contributed by atoms with E-state index in [9.17, 15) is 9.77 Å². The van der Waals surface area contributed by atoms with Gasteiger partial charge in [0, 0.05) is 85.5 Å². The van der Waals surface area contributed by atoms with Crippen LogP contribution in [0.3, 0.4) is 0 Å². The monoisotopic (exact) mass is 1970 g/mol. The van der Waals surface area contributed by atoms with Crippen LogP contribution < -0.4 is 4.73 Å². The summed E-state index contributed by atoms with van der Waals surface area (Å²) in [6, 6.07) is 158. The molecule has 0 spiro atoms. The lowest BCUT2D eigenvalue weighted by molar-refractivity contribution is -0.904. The first-order valence-corrected chi connectivity index (χ1v) is 51.9. The SMILES string of the molecule is Brc1cnccc1-c1ccccc1.Clc1cc2c(cn1)-c1ccccc1-c1ccccc1-c1ccccc1-2.O=P(Cl)(Cl)Cl.O[n+]1ccc2c(c1)-c1ccccc1-c1ccccc1-c1ccccc1-2.c1ccc2c(c1)-c1ccccc1-2.c1ccc2c(c1)-c1ccccc1-c1ccncc1-c1ccccc1-2.c1ccc2c(c1)-c1ccccc1-c1cnc(-n3c4ccccc4c4ccccc43)cc1-c1ccccc1-2. The summed E-state index contributed by atoms with van der Waals surface area (Å²) >= 11 is 23.6. The number of fused-ring (bicyclic) bond motifs is 39. The van der Waals surface area contributed by atoms with Crippen LogP contribution in [0, 0.1) is 0 Å². The maximum Gasteiger partial charge on any atom is 0.339 e. The van der Waals surface area contributed by atoms with Gasteiger partial charge in [0.1, 0.15) is 11.0 Å². The third-order valence-corrected chi connectivity index (χ3v) is 27.2. The lowest BCUT2D eigenvalue weighted by atomic mass is 9.81. The molecule has 8 nitrogen and oxygen atoms in total. The van der Waals surface area contributed by atoms with Crippen molar-refractivity contribution in [3.05, 3.63) is 508 Å². The molecule has 6 heterocycles. The lowest BCUT2D eigenvalue weighted by Gasteiger charge is -2.23. The number of aromatic nitrogens is 6. The van der Waals surface area contributed by atoms with Crippen LogP contribution in [-0.4, -0.2) is 29.7 Å². The molecule has 17 aromatic carbocycles. The number of para-hydroxylation sites is 2. The van der Waals surface area contributed by atoms with E-state index in [0.717, 1.165) is 48.4 Å². The molecular weight excluding hydrogens is 1890 g/mol. The van der Waals surface area contributed by atoms with Gasteiger partial charge in [0.25, 0.3) is 0 Å². The maximum absolute atomic E-state index is 10.0. The standard InChI is InChI=1S/C35H22N2.C23H14ClN.C23H16NO.C23H15N.C12H8.C11H8BrN.Cl3OP/c1-2-12-24-23(11-1)25-13-3-5-15-27(25)31-21-35(36-22-32(31)28-16-6-4-14-26(24)28)37-33-19-9-7-17-29(33)30-18-8-10-20-34(30)37;24-23-13-21-19-11-5-3-9-17(19)15-7-1-2-8-16(15)18-10-4-6-12-20(18)22(21)14-25-23;25-24-14-13-22-20-11-4-3-9-18(20)16-7-1-2-8-17(16)19-10-5-6-12-21(19)23(22)15-24;1-2-8-17-16(7-1)18-9-3-4-11-20(18)22-13-14-24-15-23(22)21-12-6-5-10-19(17)21;1-2-6-10-9(5-1)11-7-3-4-8-12(10)11;12-11-8-13-7-6-10(11)9-4-2-1-3-5-9;1-5(2,3)4/h1-22H;1-14H;1-15,25H;1-15H;1-8H;1-8H;/q;;+1;;;;. The molecule has 0 atom stereocenters. The molecule has 1 N–H and O–H groups in total. The second kappa shape index (κ2) is 39.8. The van der Waals surface area contributed by atoms with E-state index in [1.807, 2.05) is 67.3 Å². The Morgan fingerprint density at radius 2 is 0.468 bits per heavy atom. The van der Waals surface area contributed by atoms with Gasteiger partial charge < -0.3 is 0 Å². The van der Waals surface area contributed by atoms with E-state index in [0.29, 0.717) is 5.15 Å². The zero-order chi connectivity index (χ0) is 95.4. The van der Waals surface area contributed by atoms with Crippen molar-refractivity contribution >= 4 is 88.3 Å². The summed E-state index contributed by atoms with van der Waals surface area (Å²) in [5.41, 5.74) is 48.9. The molecule has 5 aliphatic rings. The smallest absolute Gasteiger partial charge is 0.294 e. The molecule has 0 unspecified atom stereocenters. The average Bonchev–Trinajstić information content (AvgIpc) is 1.67. The highest BCUT2D eigenvalue weighted by molar-refractivity contribution is 9.10. The first-order valence-electron chi connectivity index (χ1n) is 46.3. The number of halogens is 5. The predicted octanol–water partition coefficient (Wildman–Crippen LogP) is 36.8. The van der Waals surface area contributed by atoms with Crippen molar-refractivity contribution in [3.8, 4) is 217 Å². The van der Waals surface area contributed by atoms with E-state index in [1.54, 1.807) is 18.6 Å². The van der Waals surface area contributed by atoms with Crippen molar-refractivity contribution in [1.29, 1.82) is 0 Å². The molecule has 0 fully saturated rings. The van der Waals surface area contributed by atoms with Crippen molar-refractivity contribution in [3.63, 3.8) is 0 Å². The molecule has 0 amide bonds. The predicted molar refractivity (Wildman–Crippen MR) is 591 cm³/mol. The fraction of sp³-hybridized carbons (Fsp3) is 0. The van der Waals surface area contributed by atoms with E-state index >= 15 is 0 Å². The quantitative estimate of drug-likeness (QED) is 0.0801. The zero-order valence-corrected chi connectivity index (χ0v) is 81.2. The van der Waals surface area contributed by atoms with E-state index in [-0.39, 0.29) is 0 Å². The molecule has 14 heteroatoms. The summed E-state index contributed by atoms with van der Waals surface area (Å²) in [6.45, 7) is 0. The van der Waals surface area contributed by atoms with Crippen LogP contribution >= 0.6 is 66.5 Å². The van der Waals surface area contributed by atoms with E-state index in [1.165, 1.54) is 200 Å². The van der Waals surface area contributed by atoms with Crippen molar-refractivity contribution in [2.45, 2.75) is 0 Å². The Morgan fingerprint density at radius 1 is 0.241 bits per heavy atom. The maximum atomic E-state index is 10.0. The Morgan fingerprint density at radius 3 is 0.780 bits per heavy atom. The highest BCUT2D eigenvalue weighted by Gasteiger charge is 2.30. The first kappa shape index (κ1) is 90.1. The molecule has 672 valence electrons. The van der Waals surface area contributed by atoms with Gasteiger partial charge in [0.15, 0.2) is 0 Å². The Bertz CT molecular complexity index is 8150. The van der Waals surface area contributed by atoms with Gasteiger partial charge in [-0.2, -0.15) is 0 Å². The molecule has 141 heavy (non-hydrogen) atoms. The number of pyridine rings is 5. The first-order chi connectivity index (χ1) is 69.3. The van der Waals surface area contributed by atoms with Gasteiger partial charge in [-0.25, -0.2) is 9.97 Å². The number of benzene rings is 17. The molecule has 0 saturated heterocycles. The van der Waals surface area contributed by atoms with Crippen molar-refractivity contribution in [2.24, 2.45) is 0 Å². The van der Waals surface area contributed by atoms with Crippen molar-refractivity contribution in [2.75, 3.05) is 0 Å². The molecule has 6 aromatic heterocycles. The van der Waals surface area contributed by atoms with Gasteiger partial charge in [0.05, 0.1) is 16.6 Å². The molecule has 0 aliphatic heterocycles. The Balaban J connectivity index is 0.0000000993. The summed E-state index contributed by atoms with van der Waals surface area (Å²) in [6.07, 6.45) is 14.9. The fourth-order valence-corrected chi connectivity index (χ4v) is 21.0. The Labute approximate surface area is 845 Å². The molecule has 0 saturated carbocycles. The highest BCUT2D eigenvalue weighted by atomic mass is 79.9. The van der Waals surface area contributed by atoms with Gasteiger partial charge in [-0.05, 0) is 270 Å². The average molecular weight is 1980 g/mol. The molecule has 28 rings (SSSR count). The van der Waals surface area contributed by atoms with Crippen LogP contribution in [-0.2, 0) is 4.57 Å². The minimum Gasteiger partial charge on any atom is -0.294 e. The second-order valence-electron chi connectivity index (χ2n) is 34.3. The molecule has 0 radical (unpaired) electrons. The third kappa shape index (κ3) is 17.9. The largest absolute Gasteiger partial charge is 0.339 e. The number of hydrogen-bond acceptors (Lipinski definition) is 6. The van der Waals surface area contributed by atoms with E-state index < -0.39 is 5.20 Å². The van der Waals surface area contributed by atoms with Gasteiger partial charge >= 0.3 is 5.20 Å². The summed E-state index contributed by atoms with van der Waals surface area (Å²) in [4.78, 5) is 17.9. The molecular formula is C127H83BrCl4N6O2P+. The Kier molecular flexibility index (Phi) is 25.5.